The van der Waals surface area contributed by atoms with Crippen LogP contribution in [0.5, 0.6) is 0 Å². The third-order valence-electron chi connectivity index (χ3n) is 6.95. The van der Waals surface area contributed by atoms with Crippen molar-refractivity contribution < 1.29 is 27.5 Å². The maximum Gasteiger partial charge on any atom is 0.246 e. The van der Waals surface area contributed by atoms with Crippen LogP contribution in [-0.2, 0) is 16.0 Å². The molecular weight excluding hydrogens is 497 g/mol. The van der Waals surface area contributed by atoms with Crippen LogP contribution < -0.4 is 11.1 Å². The number of hydrogen-bond donors (Lipinski definition) is 2. The highest BCUT2D eigenvalue weighted by atomic mass is 19.1. The van der Waals surface area contributed by atoms with Crippen LogP contribution >= 0.6 is 0 Å². The van der Waals surface area contributed by atoms with E-state index in [9.17, 15) is 22.8 Å². The van der Waals surface area contributed by atoms with Crippen LogP contribution in [0.1, 0.15) is 47.3 Å². The number of Topliss-reactive ketones (excluding diaryl/α,β-unsaturated/α-hetero) is 1. The molecule has 4 atom stereocenters. The van der Waals surface area contributed by atoms with Crippen molar-refractivity contribution in [2.24, 2.45) is 11.7 Å². The number of hydrogen-bond acceptors (Lipinski definition) is 6. The van der Waals surface area contributed by atoms with Gasteiger partial charge in [0.25, 0.3) is 0 Å². The van der Waals surface area contributed by atoms with Gasteiger partial charge in [-0.15, -0.1) is 0 Å². The molecule has 2 aromatic heterocycles. The largest absolute Gasteiger partial charge is 0.375 e. The first-order valence-electron chi connectivity index (χ1n) is 12.3. The van der Waals surface area contributed by atoms with Gasteiger partial charge in [0.15, 0.2) is 5.78 Å². The van der Waals surface area contributed by atoms with Crippen LogP contribution in [0, 0.1) is 23.4 Å². The number of ketones is 1. The van der Waals surface area contributed by atoms with E-state index in [-0.39, 0.29) is 48.5 Å². The van der Waals surface area contributed by atoms with Gasteiger partial charge in [-0.05, 0) is 66.1 Å². The number of nitrogens with two attached hydrogens (primary N) is 1. The van der Waals surface area contributed by atoms with Crippen molar-refractivity contribution in [1.82, 2.24) is 15.3 Å². The Bertz CT molecular complexity index is 1300. The SMILES string of the molecule is COCC(=O)N[C@@H]1[C@H](N)C[C@H](c2ccncc2CC(=O)c2ccc(F)c(-c3c(F)cccc3F)n2)C[C@@H]1C. The average Bonchev–Trinajstić information content (AvgIpc) is 2.87. The summed E-state index contributed by atoms with van der Waals surface area (Å²) in [5.41, 5.74) is 6.71. The molecule has 3 N–H and O–H groups in total. The number of nitrogens with zero attached hydrogens (tertiary/aromatic N) is 2. The summed E-state index contributed by atoms with van der Waals surface area (Å²) in [5, 5.41) is 2.94. The summed E-state index contributed by atoms with van der Waals surface area (Å²) in [6.07, 6.45) is 4.45. The van der Waals surface area contributed by atoms with Crippen LogP contribution in [0.3, 0.4) is 0 Å². The summed E-state index contributed by atoms with van der Waals surface area (Å²) in [7, 11) is 1.45. The van der Waals surface area contributed by atoms with E-state index in [0.29, 0.717) is 12.0 Å². The van der Waals surface area contributed by atoms with Gasteiger partial charge in [0.05, 0.1) is 5.56 Å². The van der Waals surface area contributed by atoms with Gasteiger partial charge >= 0.3 is 0 Å². The van der Waals surface area contributed by atoms with Gasteiger partial charge in [-0.25, -0.2) is 18.2 Å². The van der Waals surface area contributed by atoms with E-state index in [2.05, 4.69) is 15.3 Å². The predicted octanol–water partition coefficient (Wildman–Crippen LogP) is 3.96. The molecular formula is C28H29F3N4O3. The Labute approximate surface area is 218 Å². The molecule has 1 saturated carbocycles. The molecule has 1 aliphatic carbocycles. The van der Waals surface area contributed by atoms with Crippen molar-refractivity contribution in [3.05, 3.63) is 83.1 Å². The van der Waals surface area contributed by atoms with E-state index in [4.69, 9.17) is 10.5 Å². The summed E-state index contributed by atoms with van der Waals surface area (Å²) in [6, 6.07) is 6.67. The highest BCUT2D eigenvalue weighted by molar-refractivity contribution is 5.96. The minimum Gasteiger partial charge on any atom is -0.375 e. The molecule has 0 radical (unpaired) electrons. The molecule has 0 saturated heterocycles. The number of halogens is 3. The molecule has 1 aromatic carbocycles. The number of benzene rings is 1. The van der Waals surface area contributed by atoms with Gasteiger partial charge in [0, 0.05) is 38.0 Å². The second kappa shape index (κ2) is 11.8. The lowest BCUT2D eigenvalue weighted by Crippen LogP contribution is -2.55. The molecule has 1 aliphatic rings. The quantitative estimate of drug-likeness (QED) is 0.431. The number of aromatic nitrogens is 2. The molecule has 0 spiro atoms. The summed E-state index contributed by atoms with van der Waals surface area (Å²) >= 11 is 0. The van der Waals surface area contributed by atoms with E-state index < -0.39 is 34.5 Å². The monoisotopic (exact) mass is 526 g/mol. The zero-order chi connectivity index (χ0) is 27.4. The minimum absolute atomic E-state index is 0.0191. The molecule has 200 valence electrons. The van der Waals surface area contributed by atoms with Crippen LogP contribution in [0.15, 0.2) is 48.8 Å². The van der Waals surface area contributed by atoms with E-state index >= 15 is 0 Å². The fourth-order valence-electron chi connectivity index (χ4n) is 5.19. The molecule has 3 aromatic rings. The van der Waals surface area contributed by atoms with Gasteiger partial charge in [-0.3, -0.25) is 14.6 Å². The van der Waals surface area contributed by atoms with Crippen LogP contribution in [-0.4, -0.2) is 47.5 Å². The molecule has 1 fully saturated rings. The van der Waals surface area contributed by atoms with E-state index in [1.165, 1.54) is 19.2 Å². The molecule has 4 rings (SSSR count). The van der Waals surface area contributed by atoms with Crippen molar-refractivity contribution in [1.29, 1.82) is 0 Å². The first-order valence-corrected chi connectivity index (χ1v) is 12.3. The highest BCUT2D eigenvalue weighted by Crippen LogP contribution is 2.37. The Morgan fingerprint density at radius 3 is 2.50 bits per heavy atom. The normalized spacial score (nSPS) is 21.2. The van der Waals surface area contributed by atoms with Crippen LogP contribution in [0.2, 0.25) is 0 Å². The van der Waals surface area contributed by atoms with Crippen molar-refractivity contribution in [2.75, 3.05) is 13.7 Å². The Kier molecular flexibility index (Phi) is 8.53. The summed E-state index contributed by atoms with van der Waals surface area (Å²) in [4.78, 5) is 33.4. The number of carbonyl (C=O) groups is 2. The smallest absolute Gasteiger partial charge is 0.246 e. The third kappa shape index (κ3) is 5.92. The summed E-state index contributed by atoms with van der Waals surface area (Å²) < 4.78 is 47.9. The Balaban J connectivity index is 1.55. The second-order valence-electron chi connectivity index (χ2n) is 9.63. The van der Waals surface area contributed by atoms with Gasteiger partial charge in [-0.1, -0.05) is 13.0 Å². The summed E-state index contributed by atoms with van der Waals surface area (Å²) in [5.74, 6) is -3.48. The lowest BCUT2D eigenvalue weighted by atomic mass is 9.72. The number of carbonyl (C=O) groups excluding carboxylic acids is 2. The number of amides is 1. The lowest BCUT2D eigenvalue weighted by molar-refractivity contribution is -0.126. The fourth-order valence-corrected chi connectivity index (χ4v) is 5.19. The molecule has 38 heavy (non-hydrogen) atoms. The first-order chi connectivity index (χ1) is 18.2. The standard InChI is InChI=1S/C28H29F3N4O3/c1-15-10-16(11-22(32)27(15)35-25(37)14-38-2)18-8-9-33-13-17(18)12-24(36)23-7-6-21(31)28(34-23)26-19(29)4-3-5-20(26)30/h3-9,13,15-16,22,27H,10-12,14,32H2,1-2H3,(H,35,37)/t15-,16+,22+,27-/m0/s1. The van der Waals surface area contributed by atoms with E-state index in [0.717, 1.165) is 30.2 Å². The van der Waals surface area contributed by atoms with Gasteiger partial charge in [0.1, 0.15) is 35.4 Å². The van der Waals surface area contributed by atoms with Crippen LogP contribution in [0.25, 0.3) is 11.3 Å². The molecule has 7 nitrogen and oxygen atoms in total. The maximum absolute atomic E-state index is 14.5. The minimum atomic E-state index is -0.977. The maximum atomic E-state index is 14.5. The Hall–Kier alpha value is -3.63. The molecule has 2 heterocycles. The fraction of sp³-hybridized carbons (Fsp3) is 0.357. The third-order valence-corrected chi connectivity index (χ3v) is 6.95. The summed E-state index contributed by atoms with van der Waals surface area (Å²) in [6.45, 7) is 1.97. The number of nitrogens with one attached hydrogen (secondary N) is 1. The number of methoxy groups -OCH3 is 1. The molecule has 0 aliphatic heterocycles. The lowest BCUT2D eigenvalue weighted by Gasteiger charge is -2.40. The number of rotatable bonds is 8. The van der Waals surface area contributed by atoms with Crippen LogP contribution in [0.4, 0.5) is 13.2 Å². The predicted molar refractivity (Wildman–Crippen MR) is 135 cm³/mol. The van der Waals surface area contributed by atoms with Crippen molar-refractivity contribution in [3.8, 4) is 11.3 Å². The molecule has 0 unspecified atom stereocenters. The van der Waals surface area contributed by atoms with E-state index in [1.807, 2.05) is 13.0 Å². The Morgan fingerprint density at radius 2 is 1.82 bits per heavy atom. The first kappa shape index (κ1) is 27.4. The van der Waals surface area contributed by atoms with E-state index in [1.54, 1.807) is 12.4 Å². The van der Waals surface area contributed by atoms with Gasteiger partial charge in [0.2, 0.25) is 5.91 Å². The van der Waals surface area contributed by atoms with Crippen molar-refractivity contribution >= 4 is 11.7 Å². The average molecular weight is 527 g/mol. The second-order valence-corrected chi connectivity index (χ2v) is 9.63. The molecule has 1 amide bonds. The zero-order valence-electron chi connectivity index (χ0n) is 21.1. The Morgan fingerprint density at radius 1 is 1.08 bits per heavy atom. The highest BCUT2D eigenvalue weighted by Gasteiger charge is 2.36. The van der Waals surface area contributed by atoms with Crippen molar-refractivity contribution in [2.45, 2.75) is 44.2 Å². The molecule has 0 bridgehead atoms. The number of ether oxygens (including phenoxy) is 1. The van der Waals surface area contributed by atoms with Gasteiger partial charge in [-0.2, -0.15) is 0 Å². The van der Waals surface area contributed by atoms with Crippen molar-refractivity contribution in [3.63, 3.8) is 0 Å². The zero-order valence-corrected chi connectivity index (χ0v) is 21.1. The number of pyridine rings is 2. The topological polar surface area (TPSA) is 107 Å². The van der Waals surface area contributed by atoms with Gasteiger partial charge < -0.3 is 15.8 Å². The molecule has 10 heteroatoms.